The summed E-state index contributed by atoms with van der Waals surface area (Å²) in [6.45, 7) is 7.13. The molecule has 0 atom stereocenters. The molecule has 1 nitrogen and oxygen atoms in total. The summed E-state index contributed by atoms with van der Waals surface area (Å²) in [7, 11) is 0. The van der Waals surface area contributed by atoms with Gasteiger partial charge < -0.3 is 5.73 Å². The van der Waals surface area contributed by atoms with E-state index in [1.807, 2.05) is 0 Å². The number of rotatable bonds is 2. The van der Waals surface area contributed by atoms with Gasteiger partial charge in [0.2, 0.25) is 0 Å². The molecule has 1 aromatic rings. The van der Waals surface area contributed by atoms with Gasteiger partial charge in [-0.15, -0.1) is 0 Å². The van der Waals surface area contributed by atoms with E-state index in [1.54, 1.807) is 11.1 Å². The van der Waals surface area contributed by atoms with E-state index >= 15 is 0 Å². The van der Waals surface area contributed by atoms with Crippen LogP contribution in [0.5, 0.6) is 0 Å². The second-order valence-corrected chi connectivity index (χ2v) is 8.64. The van der Waals surface area contributed by atoms with Gasteiger partial charge in [0.05, 0.1) is 0 Å². The molecule has 1 fully saturated rings. The van der Waals surface area contributed by atoms with E-state index < -0.39 is 0 Å². The average molecular weight is 285 g/mol. The van der Waals surface area contributed by atoms with Crippen molar-refractivity contribution in [1.29, 1.82) is 0 Å². The minimum absolute atomic E-state index is 0.0363. The van der Waals surface area contributed by atoms with Crippen molar-refractivity contribution in [2.45, 2.75) is 77.7 Å². The molecule has 2 aliphatic rings. The van der Waals surface area contributed by atoms with Gasteiger partial charge in [-0.2, -0.15) is 0 Å². The first-order valence-corrected chi connectivity index (χ1v) is 8.75. The van der Waals surface area contributed by atoms with Crippen LogP contribution < -0.4 is 5.73 Å². The van der Waals surface area contributed by atoms with Crippen molar-refractivity contribution in [3.8, 4) is 0 Å². The third kappa shape index (κ3) is 3.34. The quantitative estimate of drug-likeness (QED) is 0.841. The highest BCUT2D eigenvalue weighted by Crippen LogP contribution is 2.41. The maximum absolute atomic E-state index is 6.74. The Morgan fingerprint density at radius 1 is 1.10 bits per heavy atom. The van der Waals surface area contributed by atoms with Gasteiger partial charge in [0.15, 0.2) is 0 Å². The zero-order chi connectivity index (χ0) is 15.1. The first-order chi connectivity index (χ1) is 9.86. The molecule has 0 amide bonds. The van der Waals surface area contributed by atoms with Crippen LogP contribution in [0.2, 0.25) is 0 Å². The Hall–Kier alpha value is -0.820. The summed E-state index contributed by atoms with van der Waals surface area (Å²) in [5.74, 6) is 0.842. The molecular weight excluding hydrogens is 254 g/mol. The Balaban J connectivity index is 1.65. The second-order valence-electron chi connectivity index (χ2n) is 8.64. The summed E-state index contributed by atoms with van der Waals surface area (Å²) in [5.41, 5.74) is 11.8. The van der Waals surface area contributed by atoms with Crippen LogP contribution in [0.4, 0.5) is 0 Å². The molecule has 0 bridgehead atoms. The van der Waals surface area contributed by atoms with E-state index in [-0.39, 0.29) is 5.54 Å². The van der Waals surface area contributed by atoms with Gasteiger partial charge in [-0.25, -0.2) is 0 Å². The molecule has 1 aromatic carbocycles. The summed E-state index contributed by atoms with van der Waals surface area (Å²) in [5, 5.41) is 0. The fraction of sp³-hybridized carbons (Fsp3) is 0.700. The zero-order valence-corrected chi connectivity index (χ0v) is 14.0. The van der Waals surface area contributed by atoms with Gasteiger partial charge in [0.1, 0.15) is 0 Å². The lowest BCUT2D eigenvalue weighted by molar-refractivity contribution is 0.134. The van der Waals surface area contributed by atoms with Gasteiger partial charge in [-0.05, 0) is 79.4 Å². The Labute approximate surface area is 130 Å². The van der Waals surface area contributed by atoms with Crippen molar-refractivity contribution in [2.75, 3.05) is 0 Å². The molecule has 0 spiro atoms. The molecule has 0 aromatic heterocycles. The first kappa shape index (κ1) is 15.1. The molecule has 116 valence electrons. The summed E-state index contributed by atoms with van der Waals surface area (Å²) in [6.07, 6.45) is 9.91. The molecule has 2 aliphatic carbocycles. The number of benzene rings is 1. The predicted molar refractivity (Wildman–Crippen MR) is 90.5 cm³/mol. The van der Waals surface area contributed by atoms with Crippen LogP contribution >= 0.6 is 0 Å². The molecular formula is C20H31N. The van der Waals surface area contributed by atoms with Gasteiger partial charge in [0.25, 0.3) is 0 Å². The van der Waals surface area contributed by atoms with Crippen molar-refractivity contribution in [2.24, 2.45) is 17.1 Å². The van der Waals surface area contributed by atoms with Gasteiger partial charge >= 0.3 is 0 Å². The zero-order valence-electron chi connectivity index (χ0n) is 14.0. The fourth-order valence-electron chi connectivity index (χ4n) is 4.38. The SMILES string of the molecule is CC(C)(C)C1CCC(N)(Cc2ccc3c(c2)CCC3)CC1. The lowest BCUT2D eigenvalue weighted by atomic mass is 9.66. The van der Waals surface area contributed by atoms with Crippen LogP contribution in [0.3, 0.4) is 0 Å². The lowest BCUT2D eigenvalue weighted by Gasteiger charge is -2.42. The average Bonchev–Trinajstić information content (AvgIpc) is 2.85. The van der Waals surface area contributed by atoms with E-state index in [0.29, 0.717) is 5.41 Å². The van der Waals surface area contributed by atoms with Crippen LogP contribution in [-0.4, -0.2) is 5.54 Å². The van der Waals surface area contributed by atoms with Gasteiger partial charge in [0, 0.05) is 5.54 Å². The van der Waals surface area contributed by atoms with E-state index in [9.17, 15) is 0 Å². The summed E-state index contributed by atoms with van der Waals surface area (Å²) >= 11 is 0. The smallest absolute Gasteiger partial charge is 0.0195 e. The van der Waals surface area contributed by atoms with E-state index in [1.165, 1.54) is 50.5 Å². The van der Waals surface area contributed by atoms with Crippen molar-refractivity contribution in [1.82, 2.24) is 0 Å². The van der Waals surface area contributed by atoms with Crippen molar-refractivity contribution in [3.05, 3.63) is 34.9 Å². The molecule has 1 saturated carbocycles. The summed E-state index contributed by atoms with van der Waals surface area (Å²) < 4.78 is 0. The molecule has 3 rings (SSSR count). The Morgan fingerprint density at radius 3 is 2.43 bits per heavy atom. The van der Waals surface area contributed by atoms with E-state index in [0.717, 1.165) is 12.3 Å². The summed E-state index contributed by atoms with van der Waals surface area (Å²) in [6, 6.07) is 7.11. The van der Waals surface area contributed by atoms with Crippen LogP contribution in [0.25, 0.3) is 0 Å². The molecule has 1 heteroatoms. The molecule has 2 N–H and O–H groups in total. The fourth-order valence-corrected chi connectivity index (χ4v) is 4.38. The second kappa shape index (κ2) is 5.43. The highest BCUT2D eigenvalue weighted by Gasteiger charge is 2.36. The maximum atomic E-state index is 6.74. The van der Waals surface area contributed by atoms with E-state index in [2.05, 4.69) is 39.0 Å². The number of aryl methyl sites for hydroxylation is 2. The van der Waals surface area contributed by atoms with Gasteiger partial charge in [-0.3, -0.25) is 0 Å². The normalized spacial score (nSPS) is 29.4. The Bertz CT molecular complexity index is 501. The third-order valence-corrected chi connectivity index (χ3v) is 5.93. The van der Waals surface area contributed by atoms with Crippen LogP contribution in [0.1, 0.15) is 69.6 Å². The predicted octanol–water partition coefficient (Wildman–Crippen LogP) is 4.65. The first-order valence-electron chi connectivity index (χ1n) is 8.75. The number of nitrogens with two attached hydrogens (primary N) is 1. The molecule has 0 aliphatic heterocycles. The molecule has 0 radical (unpaired) electrons. The Morgan fingerprint density at radius 2 is 1.76 bits per heavy atom. The highest BCUT2D eigenvalue weighted by atomic mass is 14.7. The standard InChI is InChI=1S/C20H31N/c1-19(2,3)18-9-11-20(21,12-10-18)14-15-7-8-16-5-4-6-17(16)13-15/h7-8,13,18H,4-6,9-12,14,21H2,1-3H3. The largest absolute Gasteiger partial charge is 0.325 e. The minimum Gasteiger partial charge on any atom is -0.325 e. The topological polar surface area (TPSA) is 26.0 Å². The number of hydrogen-bond acceptors (Lipinski definition) is 1. The molecule has 0 unspecified atom stereocenters. The van der Waals surface area contributed by atoms with Crippen LogP contribution in [-0.2, 0) is 19.3 Å². The molecule has 21 heavy (non-hydrogen) atoms. The van der Waals surface area contributed by atoms with Crippen molar-refractivity contribution >= 4 is 0 Å². The highest BCUT2D eigenvalue weighted by molar-refractivity contribution is 5.36. The van der Waals surface area contributed by atoms with E-state index in [4.69, 9.17) is 5.73 Å². The van der Waals surface area contributed by atoms with Gasteiger partial charge in [-0.1, -0.05) is 39.0 Å². The third-order valence-electron chi connectivity index (χ3n) is 5.93. The van der Waals surface area contributed by atoms with Crippen molar-refractivity contribution < 1.29 is 0 Å². The monoisotopic (exact) mass is 285 g/mol. The lowest BCUT2D eigenvalue weighted by Crippen LogP contribution is -2.46. The van der Waals surface area contributed by atoms with Crippen LogP contribution in [0, 0.1) is 11.3 Å². The summed E-state index contributed by atoms with van der Waals surface area (Å²) in [4.78, 5) is 0. The molecule has 0 heterocycles. The minimum atomic E-state index is 0.0363. The number of fused-ring (bicyclic) bond motifs is 1. The maximum Gasteiger partial charge on any atom is 0.0195 e. The van der Waals surface area contributed by atoms with Crippen molar-refractivity contribution in [3.63, 3.8) is 0 Å². The number of hydrogen-bond donors (Lipinski definition) is 1. The molecule has 0 saturated heterocycles. The Kier molecular flexibility index (Phi) is 3.90. The van der Waals surface area contributed by atoms with Crippen LogP contribution in [0.15, 0.2) is 18.2 Å².